The predicted octanol–water partition coefficient (Wildman–Crippen LogP) is 3.08. The van der Waals surface area contributed by atoms with Gasteiger partial charge in [0, 0.05) is 6.42 Å². The van der Waals surface area contributed by atoms with Gasteiger partial charge < -0.3 is 18.7 Å². The Morgan fingerprint density at radius 1 is 1.36 bits per heavy atom. The highest BCUT2D eigenvalue weighted by molar-refractivity contribution is 6.74. The molecule has 1 aliphatic heterocycles. The minimum absolute atomic E-state index is 0.0133. The van der Waals surface area contributed by atoms with Crippen LogP contribution in [-0.2, 0) is 23.5 Å². The van der Waals surface area contributed by atoms with E-state index in [0.717, 1.165) is 6.29 Å². The van der Waals surface area contributed by atoms with Crippen molar-refractivity contribution in [2.45, 2.75) is 83.4 Å². The molecular formula is C16H30O5Si. The summed E-state index contributed by atoms with van der Waals surface area (Å²) in [6.07, 6.45) is 0.820. The molecule has 6 heteroatoms. The molecule has 1 rings (SSSR count). The molecule has 0 amide bonds. The van der Waals surface area contributed by atoms with Gasteiger partial charge in [-0.25, -0.2) is 4.79 Å². The van der Waals surface area contributed by atoms with Crippen molar-refractivity contribution in [1.29, 1.82) is 0 Å². The fraction of sp³-hybridized carbons (Fsp3) is 0.875. The lowest BCUT2D eigenvalue weighted by Gasteiger charge is -2.40. The number of aldehydes is 1. The molecule has 0 bridgehead atoms. The van der Waals surface area contributed by atoms with Crippen molar-refractivity contribution in [2.75, 3.05) is 6.61 Å². The fourth-order valence-electron chi connectivity index (χ4n) is 2.36. The molecule has 1 saturated heterocycles. The van der Waals surface area contributed by atoms with Crippen LogP contribution >= 0.6 is 0 Å². The van der Waals surface area contributed by atoms with Crippen LogP contribution in [0.5, 0.6) is 0 Å². The van der Waals surface area contributed by atoms with E-state index in [4.69, 9.17) is 13.9 Å². The average Bonchev–Trinajstić information content (AvgIpc) is 3.12. The maximum Gasteiger partial charge on any atom is 0.343 e. The van der Waals surface area contributed by atoms with Crippen molar-refractivity contribution >= 4 is 20.6 Å². The summed E-state index contributed by atoms with van der Waals surface area (Å²) >= 11 is 0. The molecule has 0 saturated carbocycles. The zero-order valence-corrected chi connectivity index (χ0v) is 15.9. The Kier molecular flexibility index (Phi) is 5.98. The Morgan fingerprint density at radius 3 is 2.32 bits per heavy atom. The molecule has 1 heterocycles. The summed E-state index contributed by atoms with van der Waals surface area (Å²) in [4.78, 5) is 23.5. The SMILES string of the molecule is CCOC(=O)[C@@]1([C@@H](CC=O)O[Si](C)(C)C(C)(C)C)O[C@@H]1CC. The minimum atomic E-state index is -2.13. The highest BCUT2D eigenvalue weighted by Crippen LogP contribution is 2.48. The molecule has 0 spiro atoms. The lowest BCUT2D eigenvalue weighted by Crippen LogP contribution is -2.52. The lowest BCUT2D eigenvalue weighted by atomic mass is 9.95. The number of carbonyl (C=O) groups is 2. The second-order valence-electron chi connectivity index (χ2n) is 7.30. The standard InChI is InChI=1S/C16H30O5Si/c1-8-12-16(20-12,14(18)19-9-2)13(10-11-17)21-22(6,7)15(3,4)5/h11-13H,8-10H2,1-7H3/t12-,13-,16-/m1/s1. The first-order valence-corrected chi connectivity index (χ1v) is 10.9. The number of hydrogen-bond donors (Lipinski definition) is 0. The van der Waals surface area contributed by atoms with E-state index in [2.05, 4.69) is 33.9 Å². The van der Waals surface area contributed by atoms with Crippen molar-refractivity contribution in [3.8, 4) is 0 Å². The van der Waals surface area contributed by atoms with Crippen LogP contribution < -0.4 is 0 Å². The van der Waals surface area contributed by atoms with Crippen molar-refractivity contribution < 1.29 is 23.5 Å². The van der Waals surface area contributed by atoms with Gasteiger partial charge in [0.15, 0.2) is 8.32 Å². The van der Waals surface area contributed by atoms with E-state index in [0.29, 0.717) is 6.42 Å². The summed E-state index contributed by atoms with van der Waals surface area (Å²) in [6.45, 7) is 14.6. The van der Waals surface area contributed by atoms with Crippen LogP contribution in [0.2, 0.25) is 18.1 Å². The third-order valence-electron chi connectivity index (χ3n) is 4.76. The van der Waals surface area contributed by atoms with E-state index in [9.17, 15) is 9.59 Å². The summed E-state index contributed by atoms with van der Waals surface area (Å²) in [5, 5.41) is -0.0133. The summed E-state index contributed by atoms with van der Waals surface area (Å²) in [6, 6.07) is 0. The fourth-order valence-corrected chi connectivity index (χ4v) is 3.69. The van der Waals surface area contributed by atoms with Crippen molar-refractivity contribution in [1.82, 2.24) is 0 Å². The van der Waals surface area contributed by atoms with E-state index < -0.39 is 26.0 Å². The van der Waals surface area contributed by atoms with Gasteiger partial charge in [-0.1, -0.05) is 27.7 Å². The molecule has 1 aliphatic rings. The molecule has 1 fully saturated rings. The molecule has 22 heavy (non-hydrogen) atoms. The third kappa shape index (κ3) is 3.60. The Balaban J connectivity index is 3.07. The summed E-state index contributed by atoms with van der Waals surface area (Å²) in [5.74, 6) is -0.410. The van der Waals surface area contributed by atoms with Crippen molar-refractivity contribution in [2.24, 2.45) is 0 Å². The van der Waals surface area contributed by atoms with E-state index in [1.807, 2.05) is 6.92 Å². The second kappa shape index (κ2) is 6.80. The van der Waals surface area contributed by atoms with Gasteiger partial charge >= 0.3 is 5.97 Å². The summed E-state index contributed by atoms with van der Waals surface area (Å²) in [5.41, 5.74) is -1.11. The smallest absolute Gasteiger partial charge is 0.343 e. The predicted molar refractivity (Wildman–Crippen MR) is 87.3 cm³/mol. The molecule has 0 unspecified atom stereocenters. The topological polar surface area (TPSA) is 65.1 Å². The molecule has 3 atom stereocenters. The first-order chi connectivity index (χ1) is 10.1. The molecule has 0 radical (unpaired) electrons. The molecule has 5 nitrogen and oxygen atoms in total. The minimum Gasteiger partial charge on any atom is -0.464 e. The Morgan fingerprint density at radius 2 is 1.95 bits per heavy atom. The maximum absolute atomic E-state index is 12.4. The highest BCUT2D eigenvalue weighted by Gasteiger charge is 2.68. The van der Waals surface area contributed by atoms with Gasteiger partial charge in [-0.15, -0.1) is 0 Å². The second-order valence-corrected chi connectivity index (χ2v) is 12.1. The first kappa shape index (κ1) is 19.3. The zero-order valence-electron chi connectivity index (χ0n) is 14.9. The van der Waals surface area contributed by atoms with Crippen molar-refractivity contribution in [3.05, 3.63) is 0 Å². The first-order valence-electron chi connectivity index (χ1n) is 8.03. The van der Waals surface area contributed by atoms with Gasteiger partial charge in [-0.2, -0.15) is 0 Å². The lowest BCUT2D eigenvalue weighted by molar-refractivity contribution is -0.154. The summed E-state index contributed by atoms with van der Waals surface area (Å²) in [7, 11) is -2.13. The molecule has 0 aromatic heterocycles. The molecule has 0 aromatic rings. The number of esters is 1. The number of rotatable bonds is 8. The number of hydrogen-bond acceptors (Lipinski definition) is 5. The van der Waals surface area contributed by atoms with Gasteiger partial charge in [0.2, 0.25) is 5.60 Å². The van der Waals surface area contributed by atoms with Gasteiger partial charge in [-0.3, -0.25) is 0 Å². The van der Waals surface area contributed by atoms with Crippen LogP contribution in [0.25, 0.3) is 0 Å². The van der Waals surface area contributed by atoms with E-state index in [1.54, 1.807) is 6.92 Å². The van der Waals surface area contributed by atoms with E-state index >= 15 is 0 Å². The third-order valence-corrected chi connectivity index (χ3v) is 9.24. The molecular weight excluding hydrogens is 300 g/mol. The van der Waals surface area contributed by atoms with Gasteiger partial charge in [-0.05, 0) is 31.5 Å². The van der Waals surface area contributed by atoms with Gasteiger partial charge in [0.25, 0.3) is 0 Å². The van der Waals surface area contributed by atoms with Crippen LogP contribution in [0.4, 0.5) is 0 Å². The quantitative estimate of drug-likeness (QED) is 0.296. The van der Waals surface area contributed by atoms with Crippen LogP contribution in [0.15, 0.2) is 0 Å². The Hall–Kier alpha value is -0.723. The summed E-state index contributed by atoms with van der Waals surface area (Å²) < 4.78 is 17.2. The number of carbonyl (C=O) groups excluding carboxylic acids is 2. The molecule has 0 aromatic carbocycles. The normalized spacial score (nSPS) is 26.4. The zero-order chi connectivity index (χ0) is 17.2. The number of ether oxygens (including phenoxy) is 2. The van der Waals surface area contributed by atoms with Crippen molar-refractivity contribution in [3.63, 3.8) is 0 Å². The molecule has 0 N–H and O–H groups in total. The van der Waals surface area contributed by atoms with Gasteiger partial charge in [0.05, 0.1) is 12.7 Å². The van der Waals surface area contributed by atoms with Crippen LogP contribution in [-0.4, -0.2) is 45.0 Å². The Labute approximate surface area is 134 Å². The monoisotopic (exact) mass is 330 g/mol. The highest BCUT2D eigenvalue weighted by atomic mass is 28.4. The Bertz CT molecular complexity index is 415. The number of epoxide rings is 1. The van der Waals surface area contributed by atoms with Gasteiger partial charge in [0.1, 0.15) is 12.4 Å². The molecule has 128 valence electrons. The van der Waals surface area contributed by atoms with E-state index in [1.165, 1.54) is 0 Å². The van der Waals surface area contributed by atoms with Crippen LogP contribution in [0.1, 0.15) is 47.5 Å². The van der Waals surface area contributed by atoms with E-state index in [-0.39, 0.29) is 24.2 Å². The van der Waals surface area contributed by atoms with Crippen LogP contribution in [0, 0.1) is 0 Å². The maximum atomic E-state index is 12.4. The average molecular weight is 330 g/mol. The largest absolute Gasteiger partial charge is 0.464 e. The van der Waals surface area contributed by atoms with Crippen LogP contribution in [0.3, 0.4) is 0 Å². The molecule has 0 aliphatic carbocycles.